The molecule has 0 aliphatic carbocycles. The van der Waals surface area contributed by atoms with Gasteiger partial charge in [0.05, 0.1) is 5.57 Å². The first-order chi connectivity index (χ1) is 9.72. The number of anilines is 1. The van der Waals surface area contributed by atoms with Crippen LogP contribution >= 0.6 is 0 Å². The Labute approximate surface area is 117 Å². The average Bonchev–Trinajstić information content (AvgIpc) is 2.47. The molecule has 3 nitrogen and oxygen atoms in total. The van der Waals surface area contributed by atoms with Gasteiger partial charge in [-0.25, -0.2) is 0 Å². The van der Waals surface area contributed by atoms with Crippen LogP contribution in [0.1, 0.15) is 11.1 Å². The van der Waals surface area contributed by atoms with Gasteiger partial charge >= 0.3 is 0 Å². The quantitative estimate of drug-likeness (QED) is 0.903. The number of aryl methyl sites for hydroxylation is 1. The lowest BCUT2D eigenvalue weighted by molar-refractivity contribution is -0.113. The van der Waals surface area contributed by atoms with Crippen molar-refractivity contribution < 1.29 is 9.53 Å². The zero-order valence-electron chi connectivity index (χ0n) is 11.2. The fourth-order valence-corrected chi connectivity index (χ4v) is 2.18. The molecule has 0 bridgehead atoms. The maximum absolute atomic E-state index is 12.2. The summed E-state index contributed by atoms with van der Waals surface area (Å²) in [5.74, 6) is 0.699. The summed E-state index contributed by atoms with van der Waals surface area (Å²) in [6, 6.07) is 15.4. The Kier molecular flexibility index (Phi) is 3.25. The highest BCUT2D eigenvalue weighted by atomic mass is 16.5. The van der Waals surface area contributed by atoms with E-state index in [1.807, 2.05) is 61.5 Å². The molecule has 2 aromatic rings. The number of hydrogen-bond acceptors (Lipinski definition) is 2. The minimum Gasteiger partial charge on any atom is -0.488 e. The molecular formula is C17H15NO2. The summed E-state index contributed by atoms with van der Waals surface area (Å²) in [7, 11) is 0. The van der Waals surface area contributed by atoms with Gasteiger partial charge in [-0.3, -0.25) is 4.79 Å². The second-order valence-electron chi connectivity index (χ2n) is 4.82. The van der Waals surface area contributed by atoms with Crippen molar-refractivity contribution in [2.75, 3.05) is 11.9 Å². The van der Waals surface area contributed by atoms with Crippen LogP contribution < -0.4 is 10.1 Å². The smallest absolute Gasteiger partial charge is 0.255 e. The summed E-state index contributed by atoms with van der Waals surface area (Å²) in [4.78, 5) is 12.2. The number of hydrogen-bond donors (Lipinski definition) is 1. The number of carbonyl (C=O) groups is 1. The van der Waals surface area contributed by atoms with Crippen molar-refractivity contribution in [3.8, 4) is 5.75 Å². The minimum absolute atomic E-state index is 0.120. The summed E-state index contributed by atoms with van der Waals surface area (Å²) in [6.07, 6.45) is 1.88. The highest BCUT2D eigenvalue weighted by molar-refractivity contribution is 6.07. The Hall–Kier alpha value is -2.55. The van der Waals surface area contributed by atoms with Crippen molar-refractivity contribution in [1.29, 1.82) is 0 Å². The Balaban J connectivity index is 1.80. The van der Waals surface area contributed by atoms with Crippen LogP contribution in [0.25, 0.3) is 6.08 Å². The first kappa shape index (κ1) is 12.5. The van der Waals surface area contributed by atoms with E-state index in [4.69, 9.17) is 4.74 Å². The lowest BCUT2D eigenvalue weighted by atomic mass is 10.1. The number of carbonyl (C=O) groups excluding carboxylic acids is 1. The Morgan fingerprint density at radius 3 is 2.85 bits per heavy atom. The second kappa shape index (κ2) is 5.21. The van der Waals surface area contributed by atoms with E-state index in [9.17, 15) is 4.79 Å². The second-order valence-corrected chi connectivity index (χ2v) is 4.82. The number of fused-ring (bicyclic) bond motifs is 1. The normalized spacial score (nSPS) is 12.9. The Morgan fingerprint density at radius 2 is 2.00 bits per heavy atom. The number of para-hydroxylation sites is 1. The fourth-order valence-electron chi connectivity index (χ4n) is 2.18. The standard InChI is InChI=1S/C17H15NO2/c1-12-5-4-7-15(9-12)18-17(19)14-10-13-6-2-3-8-16(13)20-11-14/h2-10H,11H2,1H3,(H,18,19). The summed E-state index contributed by atoms with van der Waals surface area (Å²) in [5, 5.41) is 2.90. The number of amides is 1. The van der Waals surface area contributed by atoms with Crippen LogP contribution in [0.4, 0.5) is 5.69 Å². The van der Waals surface area contributed by atoms with Crippen LogP contribution in [0.5, 0.6) is 5.75 Å². The van der Waals surface area contributed by atoms with Crippen LogP contribution in [-0.4, -0.2) is 12.5 Å². The topological polar surface area (TPSA) is 38.3 Å². The van der Waals surface area contributed by atoms with Gasteiger partial charge in [0.2, 0.25) is 0 Å². The molecular weight excluding hydrogens is 250 g/mol. The molecule has 1 heterocycles. The van der Waals surface area contributed by atoms with Crippen molar-refractivity contribution in [2.45, 2.75) is 6.92 Å². The van der Waals surface area contributed by atoms with Crippen LogP contribution in [0.15, 0.2) is 54.1 Å². The lowest BCUT2D eigenvalue weighted by Gasteiger charge is -2.17. The Bertz CT molecular complexity index is 689. The predicted octanol–water partition coefficient (Wildman–Crippen LogP) is 3.41. The number of nitrogens with one attached hydrogen (secondary N) is 1. The van der Waals surface area contributed by atoms with Gasteiger partial charge in [0, 0.05) is 11.3 Å². The van der Waals surface area contributed by atoms with Crippen LogP contribution in [0.3, 0.4) is 0 Å². The molecule has 0 atom stereocenters. The molecule has 1 N–H and O–H groups in total. The summed E-state index contributed by atoms with van der Waals surface area (Å²) < 4.78 is 5.59. The number of rotatable bonds is 2. The van der Waals surface area contributed by atoms with E-state index in [0.717, 1.165) is 22.6 Å². The average molecular weight is 265 g/mol. The molecule has 0 fully saturated rings. The largest absolute Gasteiger partial charge is 0.488 e. The molecule has 2 aromatic carbocycles. The summed E-state index contributed by atoms with van der Waals surface area (Å²) in [5.41, 5.74) is 3.48. The van der Waals surface area contributed by atoms with Crippen molar-refractivity contribution in [3.05, 3.63) is 65.2 Å². The van der Waals surface area contributed by atoms with E-state index < -0.39 is 0 Å². The van der Waals surface area contributed by atoms with E-state index in [1.165, 1.54) is 0 Å². The molecule has 100 valence electrons. The van der Waals surface area contributed by atoms with Crippen LogP contribution in [0, 0.1) is 6.92 Å². The molecule has 0 unspecified atom stereocenters. The third kappa shape index (κ3) is 2.57. The van der Waals surface area contributed by atoms with Crippen LogP contribution in [0.2, 0.25) is 0 Å². The Morgan fingerprint density at radius 1 is 1.15 bits per heavy atom. The van der Waals surface area contributed by atoms with E-state index in [-0.39, 0.29) is 5.91 Å². The summed E-state index contributed by atoms with van der Waals surface area (Å²) >= 11 is 0. The zero-order valence-corrected chi connectivity index (χ0v) is 11.2. The molecule has 1 aliphatic rings. The molecule has 1 aliphatic heterocycles. The van der Waals surface area contributed by atoms with Crippen molar-refractivity contribution in [1.82, 2.24) is 0 Å². The van der Waals surface area contributed by atoms with E-state index >= 15 is 0 Å². The highest BCUT2D eigenvalue weighted by Gasteiger charge is 2.16. The van der Waals surface area contributed by atoms with Gasteiger partial charge in [-0.1, -0.05) is 30.3 Å². The van der Waals surface area contributed by atoms with Gasteiger partial charge < -0.3 is 10.1 Å². The van der Waals surface area contributed by atoms with E-state index in [2.05, 4.69) is 5.32 Å². The third-order valence-corrected chi connectivity index (χ3v) is 3.20. The van der Waals surface area contributed by atoms with Crippen molar-refractivity contribution in [3.63, 3.8) is 0 Å². The third-order valence-electron chi connectivity index (χ3n) is 3.20. The lowest BCUT2D eigenvalue weighted by Crippen LogP contribution is -2.21. The molecule has 0 spiro atoms. The molecule has 20 heavy (non-hydrogen) atoms. The SMILES string of the molecule is Cc1cccc(NC(=O)C2=Cc3ccccc3OC2)c1. The number of benzene rings is 2. The molecule has 0 saturated heterocycles. The monoisotopic (exact) mass is 265 g/mol. The first-order valence-corrected chi connectivity index (χ1v) is 6.53. The van der Waals surface area contributed by atoms with E-state index in [0.29, 0.717) is 12.2 Å². The van der Waals surface area contributed by atoms with Gasteiger partial charge in [0.15, 0.2) is 0 Å². The van der Waals surface area contributed by atoms with E-state index in [1.54, 1.807) is 0 Å². The van der Waals surface area contributed by atoms with Gasteiger partial charge in [-0.15, -0.1) is 0 Å². The first-order valence-electron chi connectivity index (χ1n) is 6.53. The predicted molar refractivity (Wildman–Crippen MR) is 79.7 cm³/mol. The molecule has 0 radical (unpaired) electrons. The molecule has 0 saturated carbocycles. The minimum atomic E-state index is -0.120. The van der Waals surface area contributed by atoms with Gasteiger partial charge in [-0.05, 0) is 36.8 Å². The van der Waals surface area contributed by atoms with Gasteiger partial charge in [0.1, 0.15) is 12.4 Å². The maximum Gasteiger partial charge on any atom is 0.255 e. The summed E-state index contributed by atoms with van der Waals surface area (Å²) in [6.45, 7) is 2.30. The molecule has 3 rings (SSSR count). The van der Waals surface area contributed by atoms with Crippen molar-refractivity contribution >= 4 is 17.7 Å². The number of ether oxygens (including phenoxy) is 1. The molecule has 3 heteroatoms. The molecule has 0 aromatic heterocycles. The zero-order chi connectivity index (χ0) is 13.9. The van der Waals surface area contributed by atoms with Gasteiger partial charge in [0.25, 0.3) is 5.91 Å². The van der Waals surface area contributed by atoms with Crippen LogP contribution in [-0.2, 0) is 4.79 Å². The van der Waals surface area contributed by atoms with Crippen molar-refractivity contribution in [2.24, 2.45) is 0 Å². The highest BCUT2D eigenvalue weighted by Crippen LogP contribution is 2.26. The maximum atomic E-state index is 12.2. The fraction of sp³-hybridized carbons (Fsp3) is 0.118. The van der Waals surface area contributed by atoms with Gasteiger partial charge in [-0.2, -0.15) is 0 Å². The molecule has 1 amide bonds.